The van der Waals surface area contributed by atoms with E-state index in [1.54, 1.807) is 0 Å². The van der Waals surface area contributed by atoms with E-state index in [1.165, 1.54) is 0 Å². The zero-order chi connectivity index (χ0) is 9.42. The van der Waals surface area contributed by atoms with Crippen LogP contribution in [0.25, 0.3) is 10.9 Å². The van der Waals surface area contributed by atoms with Crippen LogP contribution in [0.1, 0.15) is 18.3 Å². The number of aryl methyl sites for hydroxylation is 2. The molecule has 2 aromatic heterocycles. The number of pyridine rings is 1. The van der Waals surface area contributed by atoms with Crippen LogP contribution < -0.4 is 0 Å². The lowest BCUT2D eigenvalue weighted by Crippen LogP contribution is -1.85. The Balaban J connectivity index is 2.82. The summed E-state index contributed by atoms with van der Waals surface area (Å²) in [4.78, 5) is 4.19. The van der Waals surface area contributed by atoms with Crippen molar-refractivity contribution in [3.05, 3.63) is 22.6 Å². The molecule has 2 heterocycles. The Morgan fingerprint density at radius 3 is 3.00 bits per heavy atom. The number of hydrogen-bond donors (Lipinski definition) is 1. The molecule has 2 rings (SSSR count). The topological polar surface area (TPSA) is 41.6 Å². The molecular formula is C9H10ClN3. The van der Waals surface area contributed by atoms with Crippen molar-refractivity contribution in [2.45, 2.75) is 20.3 Å². The highest BCUT2D eigenvalue weighted by Crippen LogP contribution is 2.24. The second kappa shape index (κ2) is 3.00. The van der Waals surface area contributed by atoms with Gasteiger partial charge in [-0.15, -0.1) is 0 Å². The maximum Gasteiger partial charge on any atom is 0.140 e. The largest absolute Gasteiger partial charge is 0.281 e. The minimum absolute atomic E-state index is 0.542. The first-order valence-electron chi connectivity index (χ1n) is 4.22. The lowest BCUT2D eigenvalue weighted by molar-refractivity contribution is 0.988. The van der Waals surface area contributed by atoms with Crippen molar-refractivity contribution < 1.29 is 0 Å². The van der Waals surface area contributed by atoms with Crippen LogP contribution in [0, 0.1) is 6.92 Å². The van der Waals surface area contributed by atoms with Crippen LogP contribution in [-0.4, -0.2) is 15.2 Å². The van der Waals surface area contributed by atoms with Gasteiger partial charge in [-0.25, -0.2) is 4.98 Å². The van der Waals surface area contributed by atoms with E-state index < -0.39 is 0 Å². The Kier molecular flexibility index (Phi) is 1.96. The standard InChI is InChI=1S/C9H10ClN3/c1-3-6-8-7(13-12-6)4-5(2)11-9(8)10/h4H,3H2,1-2H3,(H,12,13). The van der Waals surface area contributed by atoms with Crippen LogP contribution in [0.5, 0.6) is 0 Å². The number of nitrogens with zero attached hydrogens (tertiary/aromatic N) is 2. The van der Waals surface area contributed by atoms with Gasteiger partial charge in [0.15, 0.2) is 0 Å². The van der Waals surface area contributed by atoms with Gasteiger partial charge in [0.05, 0.1) is 10.9 Å². The third-order valence-electron chi connectivity index (χ3n) is 2.05. The van der Waals surface area contributed by atoms with Crippen LogP contribution in [-0.2, 0) is 6.42 Å². The molecule has 0 bridgehead atoms. The summed E-state index contributed by atoms with van der Waals surface area (Å²) in [7, 11) is 0. The minimum Gasteiger partial charge on any atom is -0.281 e. The van der Waals surface area contributed by atoms with Gasteiger partial charge in [-0.2, -0.15) is 5.10 Å². The molecule has 0 aliphatic rings. The number of aromatic nitrogens is 3. The number of halogens is 1. The van der Waals surface area contributed by atoms with E-state index in [0.717, 1.165) is 28.7 Å². The molecule has 0 radical (unpaired) electrons. The fourth-order valence-corrected chi connectivity index (χ4v) is 1.77. The van der Waals surface area contributed by atoms with Gasteiger partial charge in [-0.1, -0.05) is 18.5 Å². The second-order valence-corrected chi connectivity index (χ2v) is 3.36. The first kappa shape index (κ1) is 8.51. The molecule has 0 aliphatic heterocycles. The van der Waals surface area contributed by atoms with E-state index in [-0.39, 0.29) is 0 Å². The van der Waals surface area contributed by atoms with E-state index in [9.17, 15) is 0 Å². The van der Waals surface area contributed by atoms with Gasteiger partial charge in [-0.05, 0) is 19.4 Å². The van der Waals surface area contributed by atoms with Crippen molar-refractivity contribution in [3.8, 4) is 0 Å². The van der Waals surface area contributed by atoms with Crippen molar-refractivity contribution >= 4 is 22.5 Å². The van der Waals surface area contributed by atoms with E-state index in [1.807, 2.05) is 13.0 Å². The maximum absolute atomic E-state index is 6.02. The number of nitrogens with one attached hydrogen (secondary N) is 1. The summed E-state index contributed by atoms with van der Waals surface area (Å²) >= 11 is 6.02. The van der Waals surface area contributed by atoms with Crippen LogP contribution >= 0.6 is 11.6 Å². The SMILES string of the molecule is CCc1[nH]nc2cc(C)nc(Cl)c12. The minimum atomic E-state index is 0.542. The van der Waals surface area contributed by atoms with Crippen molar-refractivity contribution in [2.24, 2.45) is 0 Å². The van der Waals surface area contributed by atoms with Crippen LogP contribution in [0.15, 0.2) is 6.07 Å². The van der Waals surface area contributed by atoms with E-state index in [2.05, 4.69) is 22.1 Å². The monoisotopic (exact) mass is 195 g/mol. The van der Waals surface area contributed by atoms with Gasteiger partial charge in [0.2, 0.25) is 0 Å². The molecule has 0 spiro atoms. The molecule has 0 unspecified atom stereocenters. The molecule has 68 valence electrons. The van der Waals surface area contributed by atoms with Gasteiger partial charge in [0.25, 0.3) is 0 Å². The third-order valence-corrected chi connectivity index (χ3v) is 2.32. The molecule has 0 saturated carbocycles. The molecule has 3 nitrogen and oxygen atoms in total. The smallest absolute Gasteiger partial charge is 0.140 e. The molecule has 13 heavy (non-hydrogen) atoms. The molecule has 0 atom stereocenters. The average Bonchev–Trinajstić information content (AvgIpc) is 2.47. The van der Waals surface area contributed by atoms with E-state index in [4.69, 9.17) is 11.6 Å². The Morgan fingerprint density at radius 2 is 2.31 bits per heavy atom. The van der Waals surface area contributed by atoms with Gasteiger partial charge in [0.1, 0.15) is 5.15 Å². The number of fused-ring (bicyclic) bond motifs is 1. The van der Waals surface area contributed by atoms with Crippen molar-refractivity contribution in [2.75, 3.05) is 0 Å². The van der Waals surface area contributed by atoms with Crippen molar-refractivity contribution in [3.63, 3.8) is 0 Å². The zero-order valence-corrected chi connectivity index (χ0v) is 8.31. The van der Waals surface area contributed by atoms with Crippen LogP contribution in [0.4, 0.5) is 0 Å². The number of hydrogen-bond acceptors (Lipinski definition) is 2. The summed E-state index contributed by atoms with van der Waals surface area (Å²) in [5.74, 6) is 0. The predicted molar refractivity (Wildman–Crippen MR) is 53.0 cm³/mol. The highest BCUT2D eigenvalue weighted by molar-refractivity contribution is 6.34. The van der Waals surface area contributed by atoms with Gasteiger partial charge < -0.3 is 0 Å². The summed E-state index contributed by atoms with van der Waals surface area (Å²) in [6.07, 6.45) is 0.890. The van der Waals surface area contributed by atoms with Crippen molar-refractivity contribution in [1.29, 1.82) is 0 Å². The number of rotatable bonds is 1. The fourth-order valence-electron chi connectivity index (χ4n) is 1.43. The molecule has 2 aromatic rings. The summed E-state index contributed by atoms with van der Waals surface area (Å²) in [5.41, 5.74) is 2.84. The van der Waals surface area contributed by atoms with E-state index in [0.29, 0.717) is 5.15 Å². The molecule has 0 fully saturated rings. The Bertz CT molecular complexity index is 447. The fraction of sp³-hybridized carbons (Fsp3) is 0.333. The maximum atomic E-state index is 6.02. The van der Waals surface area contributed by atoms with Gasteiger partial charge in [0, 0.05) is 11.4 Å². The summed E-state index contributed by atoms with van der Waals surface area (Å²) < 4.78 is 0. The molecule has 0 saturated heterocycles. The van der Waals surface area contributed by atoms with Crippen molar-refractivity contribution in [1.82, 2.24) is 15.2 Å². The zero-order valence-electron chi connectivity index (χ0n) is 7.56. The molecule has 1 N–H and O–H groups in total. The average molecular weight is 196 g/mol. The molecule has 0 aromatic carbocycles. The van der Waals surface area contributed by atoms with E-state index >= 15 is 0 Å². The quantitative estimate of drug-likeness (QED) is 0.711. The van der Waals surface area contributed by atoms with Gasteiger partial charge >= 0.3 is 0 Å². The Morgan fingerprint density at radius 1 is 1.54 bits per heavy atom. The lowest BCUT2D eigenvalue weighted by atomic mass is 10.2. The highest BCUT2D eigenvalue weighted by atomic mass is 35.5. The van der Waals surface area contributed by atoms with Gasteiger partial charge in [-0.3, -0.25) is 5.10 Å². The number of aromatic amines is 1. The lowest BCUT2D eigenvalue weighted by Gasteiger charge is -1.96. The second-order valence-electron chi connectivity index (χ2n) is 3.00. The third kappa shape index (κ3) is 1.29. The predicted octanol–water partition coefficient (Wildman–Crippen LogP) is 2.48. The first-order valence-corrected chi connectivity index (χ1v) is 4.60. The molecule has 4 heteroatoms. The molecular weight excluding hydrogens is 186 g/mol. The van der Waals surface area contributed by atoms with Crippen LogP contribution in [0.2, 0.25) is 5.15 Å². The highest BCUT2D eigenvalue weighted by Gasteiger charge is 2.08. The summed E-state index contributed by atoms with van der Waals surface area (Å²) in [6, 6.07) is 1.93. The Labute approximate surface area is 81.1 Å². The van der Waals surface area contributed by atoms with Crippen LogP contribution in [0.3, 0.4) is 0 Å². The number of H-pyrrole nitrogens is 1. The summed E-state index contributed by atoms with van der Waals surface area (Å²) in [5, 5.41) is 8.61. The Hall–Kier alpha value is -1.09. The normalized spacial score (nSPS) is 11.0. The first-order chi connectivity index (χ1) is 6.22. The molecule has 0 aliphatic carbocycles. The molecule has 0 amide bonds. The summed E-state index contributed by atoms with van der Waals surface area (Å²) in [6.45, 7) is 3.97.